The summed E-state index contributed by atoms with van der Waals surface area (Å²) in [6, 6.07) is 5.37. The number of carbonyl (C=O) groups excluding carboxylic acids is 2. The van der Waals surface area contributed by atoms with E-state index in [0.717, 1.165) is 6.07 Å². The Morgan fingerprint density at radius 1 is 1.26 bits per heavy atom. The highest BCUT2D eigenvalue weighted by Crippen LogP contribution is 2.08. The Hall–Kier alpha value is -1.99. The van der Waals surface area contributed by atoms with Gasteiger partial charge in [0, 0.05) is 18.7 Å². The van der Waals surface area contributed by atoms with E-state index in [2.05, 4.69) is 0 Å². The molecule has 0 heterocycles. The van der Waals surface area contributed by atoms with Crippen LogP contribution in [0.3, 0.4) is 0 Å². The van der Waals surface area contributed by atoms with E-state index in [0.29, 0.717) is 0 Å². The van der Waals surface area contributed by atoms with Crippen LogP contribution in [0.1, 0.15) is 23.7 Å². The maximum Gasteiger partial charge on any atom is 0.307 e. The summed E-state index contributed by atoms with van der Waals surface area (Å²) in [5.41, 5.74) is 0.205. The van der Waals surface area contributed by atoms with E-state index in [-0.39, 0.29) is 57.4 Å². The monoisotopic (exact) mass is 327 g/mol. The molecule has 0 radical (unpaired) electrons. The molecule has 23 heavy (non-hydrogen) atoms. The van der Waals surface area contributed by atoms with Gasteiger partial charge >= 0.3 is 5.97 Å². The molecule has 0 saturated heterocycles. The van der Waals surface area contributed by atoms with Gasteiger partial charge in [0.2, 0.25) is 0 Å². The van der Waals surface area contributed by atoms with Gasteiger partial charge in [-0.15, -0.1) is 0 Å². The summed E-state index contributed by atoms with van der Waals surface area (Å²) in [7, 11) is 0. The molecule has 1 aromatic rings. The van der Waals surface area contributed by atoms with Crippen LogP contribution in [0, 0.1) is 5.82 Å². The van der Waals surface area contributed by atoms with E-state index in [1.165, 1.54) is 23.1 Å². The number of esters is 1. The first-order valence-corrected chi connectivity index (χ1v) is 7.47. The highest BCUT2D eigenvalue weighted by Gasteiger charge is 2.17. The smallest absolute Gasteiger partial charge is 0.307 e. The van der Waals surface area contributed by atoms with E-state index >= 15 is 0 Å². The fourth-order valence-electron chi connectivity index (χ4n) is 1.92. The average molecular weight is 327 g/mol. The number of carbonyl (C=O) groups is 2. The molecule has 1 aromatic carbocycles. The van der Waals surface area contributed by atoms with Gasteiger partial charge < -0.3 is 19.5 Å². The molecule has 6 nitrogen and oxygen atoms in total. The SMILES string of the molecule is CCOC(=O)CCN(CCOCCO)C(=O)c1cccc(F)c1. The first-order valence-electron chi connectivity index (χ1n) is 7.47. The number of halogens is 1. The van der Waals surface area contributed by atoms with Crippen molar-refractivity contribution in [3.05, 3.63) is 35.6 Å². The second kappa shape index (κ2) is 10.7. The van der Waals surface area contributed by atoms with Crippen LogP contribution in [0.2, 0.25) is 0 Å². The molecule has 0 unspecified atom stereocenters. The standard InChI is InChI=1S/C16H22FNO5/c1-2-23-15(20)6-7-18(8-10-22-11-9-19)16(21)13-4-3-5-14(17)12-13/h3-5,12,19H,2,6-11H2,1H3. The molecule has 0 aliphatic heterocycles. The predicted molar refractivity (Wildman–Crippen MR) is 81.5 cm³/mol. The van der Waals surface area contributed by atoms with Crippen molar-refractivity contribution in [2.75, 3.05) is 39.5 Å². The van der Waals surface area contributed by atoms with Crippen molar-refractivity contribution in [3.8, 4) is 0 Å². The molecule has 1 amide bonds. The lowest BCUT2D eigenvalue weighted by Gasteiger charge is -2.22. The van der Waals surface area contributed by atoms with Gasteiger partial charge in [-0.25, -0.2) is 4.39 Å². The summed E-state index contributed by atoms with van der Waals surface area (Å²) < 4.78 is 23.2. The van der Waals surface area contributed by atoms with Crippen LogP contribution in [0.15, 0.2) is 24.3 Å². The van der Waals surface area contributed by atoms with Crippen LogP contribution >= 0.6 is 0 Å². The first kappa shape index (κ1) is 19.1. The summed E-state index contributed by atoms with van der Waals surface area (Å²) in [5.74, 6) is -1.29. The maximum absolute atomic E-state index is 13.3. The van der Waals surface area contributed by atoms with Crippen molar-refractivity contribution >= 4 is 11.9 Å². The molecule has 1 rings (SSSR count). The molecule has 0 aliphatic carbocycles. The zero-order valence-electron chi connectivity index (χ0n) is 13.2. The van der Waals surface area contributed by atoms with Gasteiger partial charge in [0.15, 0.2) is 0 Å². The van der Waals surface area contributed by atoms with Crippen molar-refractivity contribution in [2.24, 2.45) is 0 Å². The van der Waals surface area contributed by atoms with Crippen molar-refractivity contribution in [3.63, 3.8) is 0 Å². The molecular weight excluding hydrogens is 305 g/mol. The van der Waals surface area contributed by atoms with Gasteiger partial charge in [0.05, 0.1) is 32.8 Å². The zero-order valence-corrected chi connectivity index (χ0v) is 13.2. The van der Waals surface area contributed by atoms with Gasteiger partial charge in [-0.05, 0) is 25.1 Å². The Balaban J connectivity index is 2.68. The third-order valence-corrected chi connectivity index (χ3v) is 2.99. The van der Waals surface area contributed by atoms with Crippen molar-refractivity contribution in [1.82, 2.24) is 4.90 Å². The molecular formula is C16H22FNO5. The molecule has 0 spiro atoms. The molecule has 0 aromatic heterocycles. The van der Waals surface area contributed by atoms with Crippen LogP contribution in [0.4, 0.5) is 4.39 Å². The minimum atomic E-state index is -0.502. The van der Waals surface area contributed by atoms with Gasteiger partial charge in [0.25, 0.3) is 5.91 Å². The number of aliphatic hydroxyl groups excluding tert-OH is 1. The normalized spacial score (nSPS) is 10.4. The largest absolute Gasteiger partial charge is 0.466 e. The topological polar surface area (TPSA) is 76.1 Å². The molecule has 7 heteroatoms. The number of hydrogen-bond donors (Lipinski definition) is 1. The van der Waals surface area contributed by atoms with Gasteiger partial charge in [0.1, 0.15) is 5.82 Å². The molecule has 0 aliphatic rings. The lowest BCUT2D eigenvalue weighted by Crippen LogP contribution is -2.36. The minimum Gasteiger partial charge on any atom is -0.466 e. The minimum absolute atomic E-state index is 0.0505. The van der Waals surface area contributed by atoms with Crippen LogP contribution in [-0.2, 0) is 14.3 Å². The highest BCUT2D eigenvalue weighted by molar-refractivity contribution is 5.94. The van der Waals surface area contributed by atoms with Crippen molar-refractivity contribution < 1.29 is 28.6 Å². The van der Waals surface area contributed by atoms with E-state index in [1.54, 1.807) is 6.92 Å². The number of nitrogens with zero attached hydrogens (tertiary/aromatic N) is 1. The number of ether oxygens (including phenoxy) is 2. The van der Waals surface area contributed by atoms with Crippen molar-refractivity contribution in [2.45, 2.75) is 13.3 Å². The Morgan fingerprint density at radius 2 is 2.04 bits per heavy atom. The summed E-state index contributed by atoms with van der Waals surface area (Å²) in [4.78, 5) is 25.3. The fraction of sp³-hybridized carbons (Fsp3) is 0.500. The van der Waals surface area contributed by atoms with E-state index in [4.69, 9.17) is 14.6 Å². The molecule has 128 valence electrons. The first-order chi connectivity index (χ1) is 11.1. The van der Waals surface area contributed by atoms with Crippen molar-refractivity contribution in [1.29, 1.82) is 0 Å². The molecule has 0 atom stereocenters. The predicted octanol–water partition coefficient (Wildman–Crippen LogP) is 1.23. The summed E-state index contributed by atoms with van der Waals surface area (Å²) in [5, 5.41) is 8.68. The van der Waals surface area contributed by atoms with Crippen LogP contribution in [0.25, 0.3) is 0 Å². The zero-order chi connectivity index (χ0) is 17.1. The Labute approximate surface area is 134 Å². The van der Waals surface area contributed by atoms with Crippen LogP contribution in [0.5, 0.6) is 0 Å². The van der Waals surface area contributed by atoms with Crippen LogP contribution < -0.4 is 0 Å². The highest BCUT2D eigenvalue weighted by atomic mass is 19.1. The van der Waals surface area contributed by atoms with E-state index in [9.17, 15) is 14.0 Å². The molecule has 1 N–H and O–H groups in total. The lowest BCUT2D eigenvalue weighted by atomic mass is 10.2. The quantitative estimate of drug-likeness (QED) is 0.517. The number of amides is 1. The van der Waals surface area contributed by atoms with E-state index < -0.39 is 11.8 Å². The van der Waals surface area contributed by atoms with Gasteiger partial charge in [-0.2, -0.15) is 0 Å². The number of aliphatic hydroxyl groups is 1. The number of benzene rings is 1. The third-order valence-electron chi connectivity index (χ3n) is 2.99. The number of rotatable bonds is 10. The summed E-state index contributed by atoms with van der Waals surface area (Å²) in [6.07, 6.45) is 0.0505. The molecule has 0 bridgehead atoms. The van der Waals surface area contributed by atoms with Crippen LogP contribution in [-0.4, -0.2) is 61.4 Å². The average Bonchev–Trinajstić information content (AvgIpc) is 2.54. The Morgan fingerprint density at radius 3 is 2.70 bits per heavy atom. The summed E-state index contributed by atoms with van der Waals surface area (Å²) in [6.45, 7) is 2.63. The maximum atomic E-state index is 13.3. The third kappa shape index (κ3) is 7.21. The molecule has 0 saturated carbocycles. The Kier molecular flexibility index (Phi) is 8.86. The lowest BCUT2D eigenvalue weighted by molar-refractivity contribution is -0.143. The second-order valence-electron chi connectivity index (χ2n) is 4.69. The van der Waals surface area contributed by atoms with Gasteiger partial charge in [-0.3, -0.25) is 9.59 Å². The summed E-state index contributed by atoms with van der Waals surface area (Å²) >= 11 is 0. The fourth-order valence-corrected chi connectivity index (χ4v) is 1.92. The second-order valence-corrected chi connectivity index (χ2v) is 4.69. The Bertz CT molecular complexity index is 509. The van der Waals surface area contributed by atoms with E-state index in [1.807, 2.05) is 0 Å². The van der Waals surface area contributed by atoms with Gasteiger partial charge in [-0.1, -0.05) is 6.07 Å². The molecule has 0 fully saturated rings. The number of hydrogen-bond acceptors (Lipinski definition) is 5.